The van der Waals surface area contributed by atoms with Crippen LogP contribution in [0.5, 0.6) is 0 Å². The number of nitrogens with zero attached hydrogens (tertiary/aromatic N) is 2. The fraction of sp³-hybridized carbons (Fsp3) is 0.333. The van der Waals surface area contributed by atoms with Crippen LogP contribution in [0.2, 0.25) is 0 Å². The fourth-order valence-corrected chi connectivity index (χ4v) is 2.07. The molecule has 1 rings (SSSR count). The lowest BCUT2D eigenvalue weighted by Crippen LogP contribution is -2.36. The Morgan fingerprint density at radius 1 is 1.61 bits per heavy atom. The van der Waals surface area contributed by atoms with E-state index in [2.05, 4.69) is 27.7 Å². The largest absolute Gasteiger partial charge is 0.409 e. The van der Waals surface area contributed by atoms with Gasteiger partial charge in [-0.15, -0.1) is 0 Å². The number of carbonyl (C=O) groups is 1. The number of halogens is 1. The highest BCUT2D eigenvalue weighted by atomic mass is 127. The van der Waals surface area contributed by atoms with Crippen LogP contribution in [0.25, 0.3) is 0 Å². The molecule has 5 nitrogen and oxygen atoms in total. The van der Waals surface area contributed by atoms with Crippen molar-refractivity contribution < 1.29 is 10.0 Å². The predicted molar refractivity (Wildman–Crippen MR) is 78.7 cm³/mol. The zero-order chi connectivity index (χ0) is 13.7. The molecule has 0 heterocycles. The van der Waals surface area contributed by atoms with Gasteiger partial charge in [0.25, 0.3) is 5.91 Å². The van der Waals surface area contributed by atoms with Gasteiger partial charge in [0.05, 0.1) is 0 Å². The van der Waals surface area contributed by atoms with E-state index in [-0.39, 0.29) is 17.7 Å². The van der Waals surface area contributed by atoms with Gasteiger partial charge in [0, 0.05) is 28.6 Å². The highest BCUT2D eigenvalue weighted by Gasteiger charge is 2.16. The molecule has 3 N–H and O–H groups in total. The molecule has 0 saturated carbocycles. The summed E-state index contributed by atoms with van der Waals surface area (Å²) in [5, 5.41) is 11.5. The summed E-state index contributed by atoms with van der Waals surface area (Å²) >= 11 is 2.16. The van der Waals surface area contributed by atoms with E-state index in [0.717, 1.165) is 3.57 Å². The van der Waals surface area contributed by atoms with Gasteiger partial charge in [-0.2, -0.15) is 0 Å². The number of nitrogens with two attached hydrogens (primary N) is 1. The van der Waals surface area contributed by atoms with Crippen LogP contribution in [0.15, 0.2) is 29.4 Å². The molecular formula is C12H16IN3O2. The molecule has 0 saturated heterocycles. The first-order chi connectivity index (χ1) is 8.45. The second-order valence-electron chi connectivity index (χ2n) is 4.12. The number of rotatable bonds is 4. The molecule has 0 aliphatic carbocycles. The molecule has 0 fully saturated rings. The quantitative estimate of drug-likeness (QED) is 0.282. The van der Waals surface area contributed by atoms with E-state index < -0.39 is 0 Å². The van der Waals surface area contributed by atoms with Crippen molar-refractivity contribution in [3.05, 3.63) is 33.4 Å². The number of hydrogen-bond acceptors (Lipinski definition) is 3. The summed E-state index contributed by atoms with van der Waals surface area (Å²) in [5.41, 5.74) is 6.12. The molecule has 1 amide bonds. The van der Waals surface area contributed by atoms with Crippen LogP contribution in [0.4, 0.5) is 0 Å². The lowest BCUT2D eigenvalue weighted by molar-refractivity contribution is 0.0786. The minimum absolute atomic E-state index is 0.0777. The maximum Gasteiger partial charge on any atom is 0.253 e. The van der Waals surface area contributed by atoms with Crippen molar-refractivity contribution in [3.63, 3.8) is 0 Å². The first-order valence-electron chi connectivity index (χ1n) is 5.44. The van der Waals surface area contributed by atoms with Gasteiger partial charge < -0.3 is 15.8 Å². The van der Waals surface area contributed by atoms with Crippen molar-refractivity contribution in [1.29, 1.82) is 0 Å². The Bertz CT molecular complexity index is 462. The number of amides is 1. The van der Waals surface area contributed by atoms with Crippen molar-refractivity contribution in [2.24, 2.45) is 16.8 Å². The second-order valence-corrected chi connectivity index (χ2v) is 5.37. The van der Waals surface area contributed by atoms with Crippen molar-refractivity contribution in [1.82, 2.24) is 4.90 Å². The van der Waals surface area contributed by atoms with E-state index in [1.54, 1.807) is 24.9 Å². The van der Waals surface area contributed by atoms with Gasteiger partial charge in [-0.1, -0.05) is 18.1 Å². The summed E-state index contributed by atoms with van der Waals surface area (Å²) < 4.78 is 1.01. The summed E-state index contributed by atoms with van der Waals surface area (Å²) in [6.07, 6.45) is 0. The summed E-state index contributed by atoms with van der Waals surface area (Å²) in [6.45, 7) is 2.20. The Hall–Kier alpha value is -1.31. The maximum atomic E-state index is 12.1. The highest BCUT2D eigenvalue weighted by Crippen LogP contribution is 2.10. The molecule has 1 aromatic rings. The van der Waals surface area contributed by atoms with E-state index >= 15 is 0 Å². The van der Waals surface area contributed by atoms with Gasteiger partial charge in [-0.25, -0.2) is 0 Å². The molecule has 0 aromatic heterocycles. The Kier molecular flexibility index (Phi) is 5.39. The summed E-state index contributed by atoms with van der Waals surface area (Å²) in [7, 11) is 1.70. The Morgan fingerprint density at radius 2 is 2.28 bits per heavy atom. The van der Waals surface area contributed by atoms with Crippen LogP contribution in [0.1, 0.15) is 17.3 Å². The van der Waals surface area contributed by atoms with Gasteiger partial charge in [0.15, 0.2) is 0 Å². The van der Waals surface area contributed by atoms with Gasteiger partial charge in [-0.05, 0) is 40.8 Å². The van der Waals surface area contributed by atoms with Crippen molar-refractivity contribution >= 4 is 34.3 Å². The average Bonchev–Trinajstić information content (AvgIpc) is 2.36. The van der Waals surface area contributed by atoms with E-state index in [0.29, 0.717) is 12.1 Å². The third-order valence-corrected chi connectivity index (χ3v) is 3.26. The lowest BCUT2D eigenvalue weighted by Gasteiger charge is -2.21. The number of benzene rings is 1. The minimum Gasteiger partial charge on any atom is -0.409 e. The summed E-state index contributed by atoms with van der Waals surface area (Å²) in [5.74, 6) is -0.143. The molecule has 1 atom stereocenters. The smallest absolute Gasteiger partial charge is 0.253 e. The Labute approximate surface area is 120 Å². The molecule has 6 heteroatoms. The van der Waals surface area contributed by atoms with E-state index in [1.807, 2.05) is 18.2 Å². The molecule has 0 aliphatic heterocycles. The first-order valence-corrected chi connectivity index (χ1v) is 6.52. The summed E-state index contributed by atoms with van der Waals surface area (Å²) in [6, 6.07) is 7.37. The number of oxime groups is 1. The highest BCUT2D eigenvalue weighted by molar-refractivity contribution is 14.1. The van der Waals surface area contributed by atoms with Crippen LogP contribution in [-0.4, -0.2) is 35.4 Å². The van der Waals surface area contributed by atoms with E-state index in [9.17, 15) is 4.79 Å². The second kappa shape index (κ2) is 6.58. The normalized spacial score (nSPS) is 13.2. The molecule has 0 radical (unpaired) electrons. The Morgan fingerprint density at radius 3 is 2.83 bits per heavy atom. The number of carbonyl (C=O) groups excluding carboxylic acids is 1. The van der Waals surface area contributed by atoms with Crippen LogP contribution in [0, 0.1) is 9.49 Å². The molecule has 0 spiro atoms. The van der Waals surface area contributed by atoms with Gasteiger partial charge in [0.1, 0.15) is 5.84 Å². The Balaban J connectivity index is 2.73. The van der Waals surface area contributed by atoms with Crippen LogP contribution < -0.4 is 5.73 Å². The van der Waals surface area contributed by atoms with Gasteiger partial charge in [-0.3, -0.25) is 4.79 Å². The van der Waals surface area contributed by atoms with Crippen molar-refractivity contribution in [3.8, 4) is 0 Å². The molecule has 0 bridgehead atoms. The zero-order valence-electron chi connectivity index (χ0n) is 10.3. The maximum absolute atomic E-state index is 12.1. The van der Waals surface area contributed by atoms with E-state index in [1.165, 1.54) is 0 Å². The molecule has 98 valence electrons. The van der Waals surface area contributed by atoms with Gasteiger partial charge >= 0.3 is 0 Å². The zero-order valence-corrected chi connectivity index (χ0v) is 12.5. The SMILES string of the molecule is CC(CN(C)C(=O)c1cccc(I)c1)/C(N)=N/O. The van der Waals surface area contributed by atoms with Crippen LogP contribution >= 0.6 is 22.6 Å². The molecular weight excluding hydrogens is 345 g/mol. The third kappa shape index (κ3) is 3.86. The first kappa shape index (κ1) is 14.7. The number of hydrogen-bond donors (Lipinski definition) is 2. The van der Waals surface area contributed by atoms with Gasteiger partial charge in [0.2, 0.25) is 0 Å². The standard InChI is InChI=1S/C12H16IN3O2/c1-8(11(14)15-18)7-16(2)12(17)9-4-3-5-10(13)6-9/h3-6,8,18H,7H2,1-2H3,(H2,14,15). The summed E-state index contributed by atoms with van der Waals surface area (Å²) in [4.78, 5) is 13.7. The topological polar surface area (TPSA) is 78.9 Å². The van der Waals surface area contributed by atoms with Crippen LogP contribution in [-0.2, 0) is 0 Å². The lowest BCUT2D eigenvalue weighted by atomic mass is 10.1. The fourth-order valence-electron chi connectivity index (χ4n) is 1.53. The number of amidine groups is 1. The third-order valence-electron chi connectivity index (χ3n) is 2.59. The minimum atomic E-state index is -0.188. The molecule has 18 heavy (non-hydrogen) atoms. The predicted octanol–water partition coefficient (Wildman–Crippen LogP) is 1.75. The van der Waals surface area contributed by atoms with E-state index in [4.69, 9.17) is 10.9 Å². The monoisotopic (exact) mass is 361 g/mol. The van der Waals surface area contributed by atoms with Crippen LogP contribution in [0.3, 0.4) is 0 Å². The van der Waals surface area contributed by atoms with Crippen molar-refractivity contribution in [2.45, 2.75) is 6.92 Å². The molecule has 1 unspecified atom stereocenters. The molecule has 0 aliphatic rings. The van der Waals surface area contributed by atoms with Crippen molar-refractivity contribution in [2.75, 3.05) is 13.6 Å². The average molecular weight is 361 g/mol. The molecule has 1 aromatic carbocycles.